The van der Waals surface area contributed by atoms with Crippen LogP contribution in [0, 0.1) is 5.92 Å². The minimum absolute atomic E-state index is 0.0101. The fraction of sp³-hybridized carbons (Fsp3) is 0.391. The number of carbonyl (C=O) groups excluding carboxylic acids is 1. The van der Waals surface area contributed by atoms with E-state index in [0.29, 0.717) is 0 Å². The minimum atomic E-state index is -3.96. The van der Waals surface area contributed by atoms with E-state index in [-0.39, 0.29) is 58.1 Å². The van der Waals surface area contributed by atoms with Crippen LogP contribution in [0.2, 0.25) is 5.02 Å². The Hall–Kier alpha value is -2.98. The van der Waals surface area contributed by atoms with Gasteiger partial charge in [0.05, 0.1) is 22.2 Å². The number of anilines is 1. The zero-order chi connectivity index (χ0) is 25.0. The molecule has 3 rings (SSSR count). The van der Waals surface area contributed by atoms with Crippen LogP contribution in [-0.2, 0) is 14.8 Å². The summed E-state index contributed by atoms with van der Waals surface area (Å²) in [5, 5.41) is 8.50. The van der Waals surface area contributed by atoms with E-state index in [1.54, 1.807) is 29.7 Å². The van der Waals surface area contributed by atoms with Crippen LogP contribution in [-0.4, -0.2) is 47.3 Å². The first-order valence-electron chi connectivity index (χ1n) is 10.9. The van der Waals surface area contributed by atoms with Crippen molar-refractivity contribution in [2.24, 2.45) is 5.92 Å². The summed E-state index contributed by atoms with van der Waals surface area (Å²) >= 11 is 6.28. The van der Waals surface area contributed by atoms with E-state index < -0.39 is 16.0 Å². The van der Waals surface area contributed by atoms with Gasteiger partial charge < -0.3 is 4.74 Å². The van der Waals surface area contributed by atoms with Crippen molar-refractivity contribution in [3.8, 4) is 11.5 Å². The topological polar surface area (TPSA) is 107 Å². The summed E-state index contributed by atoms with van der Waals surface area (Å²) in [4.78, 5) is 17.1. The van der Waals surface area contributed by atoms with Crippen LogP contribution >= 0.6 is 11.6 Å². The Morgan fingerprint density at radius 2 is 1.82 bits per heavy atom. The number of hydrogen-bond donors (Lipinski definition) is 0. The lowest BCUT2D eigenvalue weighted by Crippen LogP contribution is -2.35. The Morgan fingerprint density at radius 3 is 2.41 bits per heavy atom. The van der Waals surface area contributed by atoms with Crippen molar-refractivity contribution in [3.05, 3.63) is 53.4 Å². The normalized spacial score (nSPS) is 11.8. The molecule has 0 saturated carbocycles. The number of ether oxygens (including phenoxy) is 1. The van der Waals surface area contributed by atoms with Gasteiger partial charge in [0.15, 0.2) is 5.82 Å². The number of sulfonamides is 1. The maximum atomic E-state index is 13.7. The molecule has 182 valence electrons. The highest BCUT2D eigenvalue weighted by atomic mass is 35.5. The lowest BCUT2D eigenvalue weighted by Gasteiger charge is -2.28. The first-order valence-corrected chi connectivity index (χ1v) is 12.7. The minimum Gasteiger partial charge on any atom is -0.460 e. The largest absolute Gasteiger partial charge is 0.460 e. The molecule has 0 fully saturated rings. The molecule has 0 radical (unpaired) electrons. The van der Waals surface area contributed by atoms with Gasteiger partial charge in [-0.05, 0) is 44.9 Å². The van der Waals surface area contributed by atoms with Crippen molar-refractivity contribution < 1.29 is 17.9 Å². The fourth-order valence-electron chi connectivity index (χ4n) is 3.45. The van der Waals surface area contributed by atoms with Gasteiger partial charge in [-0.15, -0.1) is 10.2 Å². The van der Waals surface area contributed by atoms with Crippen molar-refractivity contribution in [2.75, 3.05) is 17.5 Å². The Morgan fingerprint density at radius 1 is 1.15 bits per heavy atom. The SMILES string of the molecule is CCOC(=O)c1nnc(-c2ncc(Cl)cc2N(CC(C)C)S(=O)(=O)c2ccccc2)n1C(C)C. The maximum Gasteiger partial charge on any atom is 0.376 e. The van der Waals surface area contributed by atoms with E-state index in [9.17, 15) is 13.2 Å². The third-order valence-corrected chi connectivity index (χ3v) is 6.85. The molecule has 0 unspecified atom stereocenters. The van der Waals surface area contributed by atoms with Crippen LogP contribution in [0.1, 0.15) is 51.3 Å². The third-order valence-electron chi connectivity index (χ3n) is 4.85. The maximum absolute atomic E-state index is 13.7. The number of rotatable bonds is 9. The predicted molar refractivity (Wildman–Crippen MR) is 130 cm³/mol. The molecule has 2 aromatic heterocycles. The first-order chi connectivity index (χ1) is 16.1. The number of benzene rings is 1. The van der Waals surface area contributed by atoms with E-state index >= 15 is 0 Å². The standard InChI is InChI=1S/C23H28ClN5O4S/c1-6-33-23(30)22-27-26-21(29(22)16(4)5)20-19(12-17(24)13-25-20)28(14-15(2)3)34(31,32)18-10-8-7-9-11-18/h7-13,15-16H,6,14H2,1-5H3. The van der Waals surface area contributed by atoms with Crippen molar-refractivity contribution in [1.29, 1.82) is 0 Å². The number of pyridine rings is 1. The van der Waals surface area contributed by atoms with E-state index in [4.69, 9.17) is 16.3 Å². The molecule has 0 bridgehead atoms. The summed E-state index contributed by atoms with van der Waals surface area (Å²) in [5.41, 5.74) is 0.482. The Kier molecular flexibility index (Phi) is 7.93. The molecular weight excluding hydrogens is 478 g/mol. The summed E-state index contributed by atoms with van der Waals surface area (Å²) in [6, 6.07) is 9.46. The second kappa shape index (κ2) is 10.5. The molecular formula is C23H28ClN5O4S. The molecule has 0 aliphatic heterocycles. The summed E-state index contributed by atoms with van der Waals surface area (Å²) in [6.07, 6.45) is 1.41. The molecule has 2 heterocycles. The Bertz CT molecular complexity index is 1260. The van der Waals surface area contributed by atoms with Crippen molar-refractivity contribution in [2.45, 2.75) is 45.6 Å². The lowest BCUT2D eigenvalue weighted by molar-refractivity contribution is 0.0504. The van der Waals surface area contributed by atoms with E-state index in [1.807, 2.05) is 27.7 Å². The van der Waals surface area contributed by atoms with Crippen LogP contribution in [0.15, 0.2) is 47.5 Å². The Labute approximate surface area is 204 Å². The average Bonchev–Trinajstić information content (AvgIpc) is 3.23. The summed E-state index contributed by atoms with van der Waals surface area (Å²) in [6.45, 7) is 9.61. The second-order valence-electron chi connectivity index (χ2n) is 8.30. The molecule has 0 N–H and O–H groups in total. The zero-order valence-electron chi connectivity index (χ0n) is 19.8. The van der Waals surface area contributed by atoms with Crippen molar-refractivity contribution in [1.82, 2.24) is 19.7 Å². The third kappa shape index (κ3) is 5.23. The number of hydrogen-bond acceptors (Lipinski definition) is 7. The Balaban J connectivity index is 2.27. The number of carbonyl (C=O) groups is 1. The molecule has 0 saturated heterocycles. The molecule has 34 heavy (non-hydrogen) atoms. The zero-order valence-corrected chi connectivity index (χ0v) is 21.3. The number of halogens is 1. The molecule has 11 heteroatoms. The quantitative estimate of drug-likeness (QED) is 0.391. The van der Waals surface area contributed by atoms with Gasteiger partial charge in [-0.1, -0.05) is 43.6 Å². The average molecular weight is 506 g/mol. The molecule has 0 spiro atoms. The first kappa shape index (κ1) is 25.6. The van der Waals surface area contributed by atoms with Crippen LogP contribution in [0.25, 0.3) is 11.5 Å². The van der Waals surface area contributed by atoms with E-state index in [1.165, 1.54) is 28.7 Å². The number of esters is 1. The highest BCUT2D eigenvalue weighted by molar-refractivity contribution is 7.92. The number of aromatic nitrogens is 4. The lowest BCUT2D eigenvalue weighted by atomic mass is 10.2. The van der Waals surface area contributed by atoms with Crippen molar-refractivity contribution >= 4 is 33.3 Å². The highest BCUT2D eigenvalue weighted by Gasteiger charge is 2.32. The van der Waals surface area contributed by atoms with Crippen molar-refractivity contribution in [3.63, 3.8) is 0 Å². The molecule has 0 atom stereocenters. The number of nitrogens with zero attached hydrogens (tertiary/aromatic N) is 5. The van der Waals surface area contributed by atoms with Gasteiger partial charge in [0.1, 0.15) is 5.69 Å². The summed E-state index contributed by atoms with van der Waals surface area (Å²) < 4.78 is 35.4. The van der Waals surface area contributed by atoms with Gasteiger partial charge in [-0.2, -0.15) is 0 Å². The van der Waals surface area contributed by atoms with E-state index in [2.05, 4.69) is 15.2 Å². The molecule has 0 amide bonds. The van der Waals surface area contributed by atoms with Gasteiger partial charge in [-0.25, -0.2) is 18.2 Å². The van der Waals surface area contributed by atoms with Gasteiger partial charge in [-0.3, -0.25) is 8.87 Å². The van der Waals surface area contributed by atoms with E-state index in [0.717, 1.165) is 0 Å². The fourth-order valence-corrected chi connectivity index (χ4v) is 5.25. The van der Waals surface area contributed by atoms with Crippen LogP contribution < -0.4 is 4.31 Å². The van der Waals surface area contributed by atoms with Gasteiger partial charge in [0, 0.05) is 18.8 Å². The molecule has 3 aromatic rings. The molecule has 0 aliphatic rings. The monoisotopic (exact) mass is 505 g/mol. The molecule has 1 aromatic carbocycles. The van der Waals surface area contributed by atoms with Gasteiger partial charge in [0.2, 0.25) is 5.82 Å². The van der Waals surface area contributed by atoms with Crippen LogP contribution in [0.3, 0.4) is 0 Å². The van der Waals surface area contributed by atoms with Crippen LogP contribution in [0.5, 0.6) is 0 Å². The smallest absolute Gasteiger partial charge is 0.376 e. The second-order valence-corrected chi connectivity index (χ2v) is 10.6. The summed E-state index contributed by atoms with van der Waals surface area (Å²) in [7, 11) is -3.96. The summed E-state index contributed by atoms with van der Waals surface area (Å²) in [5.74, 6) is -0.387. The predicted octanol–water partition coefficient (Wildman–Crippen LogP) is 4.60. The molecule has 9 nitrogen and oxygen atoms in total. The van der Waals surface area contributed by atoms with Gasteiger partial charge in [0.25, 0.3) is 10.0 Å². The molecule has 0 aliphatic carbocycles. The van der Waals surface area contributed by atoms with Gasteiger partial charge >= 0.3 is 5.97 Å². The van der Waals surface area contributed by atoms with Crippen LogP contribution in [0.4, 0.5) is 5.69 Å². The highest BCUT2D eigenvalue weighted by Crippen LogP contribution is 2.35.